The van der Waals surface area contributed by atoms with E-state index in [1.54, 1.807) is 20.8 Å². The molecule has 13 nitrogen and oxygen atoms in total. The van der Waals surface area contributed by atoms with E-state index in [9.17, 15) is 24.3 Å². The Hall–Kier alpha value is -3.20. The number of amides is 2. The van der Waals surface area contributed by atoms with Crippen molar-refractivity contribution >= 4 is 57.9 Å². The van der Waals surface area contributed by atoms with E-state index < -0.39 is 52.1 Å². The van der Waals surface area contributed by atoms with Crippen molar-refractivity contribution in [3.63, 3.8) is 0 Å². The maximum atomic E-state index is 13.0. The number of carboxylic acid groups (broad SMARTS) is 1. The van der Waals surface area contributed by atoms with Crippen molar-refractivity contribution in [2.45, 2.75) is 57.2 Å². The first-order valence-electron chi connectivity index (χ1n) is 9.99. The van der Waals surface area contributed by atoms with Gasteiger partial charge in [-0.1, -0.05) is 5.16 Å². The molecule has 2 aliphatic rings. The number of rotatable bonds is 7. The van der Waals surface area contributed by atoms with Crippen LogP contribution >= 0.6 is 23.3 Å². The normalized spacial score (nSPS) is 20.6. The zero-order valence-electron chi connectivity index (χ0n) is 19.0. The molecule has 1 aromatic rings. The van der Waals surface area contributed by atoms with Crippen molar-refractivity contribution in [2.75, 3.05) is 11.5 Å². The van der Waals surface area contributed by atoms with Crippen molar-refractivity contribution in [2.24, 2.45) is 5.16 Å². The Labute approximate surface area is 202 Å². The van der Waals surface area contributed by atoms with Crippen LogP contribution in [0.5, 0.6) is 0 Å². The third kappa shape index (κ3) is 5.30. The lowest BCUT2D eigenvalue weighted by Gasteiger charge is -2.48. The summed E-state index contributed by atoms with van der Waals surface area (Å²) in [5.41, 5.74) is 2.74. The molecular formula is C19H24N6O7S2. The van der Waals surface area contributed by atoms with Gasteiger partial charge in [0.25, 0.3) is 11.8 Å². The van der Waals surface area contributed by atoms with Crippen molar-refractivity contribution in [1.82, 2.24) is 19.6 Å². The Balaban J connectivity index is 1.80. The van der Waals surface area contributed by atoms with E-state index in [2.05, 4.69) is 19.8 Å². The second-order valence-electron chi connectivity index (χ2n) is 8.78. The summed E-state index contributed by atoms with van der Waals surface area (Å²) in [6.45, 7) is 7.90. The molecule has 1 aromatic heterocycles. The van der Waals surface area contributed by atoms with E-state index in [1.165, 1.54) is 31.7 Å². The molecule has 15 heteroatoms. The van der Waals surface area contributed by atoms with Crippen molar-refractivity contribution in [3.8, 4) is 0 Å². The van der Waals surface area contributed by atoms with E-state index in [0.717, 1.165) is 16.4 Å². The van der Waals surface area contributed by atoms with Crippen LogP contribution in [0.15, 0.2) is 16.9 Å². The summed E-state index contributed by atoms with van der Waals surface area (Å²) >= 11 is 2.11. The number of esters is 1. The van der Waals surface area contributed by atoms with Crippen LogP contribution in [-0.2, 0) is 28.8 Å². The number of carboxylic acids is 1. The SMILES string of the molecule is CC(C)(C)OC(=O)C(C)(C)O/N=C(/C(=O)NC1C(=O)N2C(C(=O)O)=CCSC12)c1nsc(N)n1. The summed E-state index contributed by atoms with van der Waals surface area (Å²) in [4.78, 5) is 59.8. The summed E-state index contributed by atoms with van der Waals surface area (Å²) < 4.78 is 9.27. The number of carbonyl (C=O) groups is 4. The molecule has 0 bridgehead atoms. The highest BCUT2D eigenvalue weighted by molar-refractivity contribution is 8.00. The Morgan fingerprint density at radius 2 is 1.97 bits per heavy atom. The quantitative estimate of drug-likeness (QED) is 0.198. The lowest BCUT2D eigenvalue weighted by atomic mass is 10.0. The molecule has 0 spiro atoms. The van der Waals surface area contributed by atoms with Crippen LogP contribution in [0.2, 0.25) is 0 Å². The van der Waals surface area contributed by atoms with Crippen LogP contribution in [-0.4, -0.2) is 77.2 Å². The van der Waals surface area contributed by atoms with Crippen molar-refractivity contribution in [3.05, 3.63) is 17.6 Å². The third-order valence-electron chi connectivity index (χ3n) is 4.48. The Morgan fingerprint density at radius 3 is 2.53 bits per heavy atom. The molecule has 1 saturated heterocycles. The third-order valence-corrected chi connectivity index (χ3v) is 6.20. The highest BCUT2D eigenvalue weighted by Gasteiger charge is 2.53. The minimum Gasteiger partial charge on any atom is -0.477 e. The Bertz CT molecular complexity index is 1090. The number of fused-ring (bicyclic) bond motifs is 1. The molecule has 1 fully saturated rings. The summed E-state index contributed by atoms with van der Waals surface area (Å²) in [6, 6.07) is -0.999. The van der Waals surface area contributed by atoms with E-state index in [1.807, 2.05) is 0 Å². The fourth-order valence-electron chi connectivity index (χ4n) is 2.86. The molecule has 4 N–H and O–H groups in total. The van der Waals surface area contributed by atoms with Gasteiger partial charge in [-0.3, -0.25) is 14.5 Å². The van der Waals surface area contributed by atoms with Crippen LogP contribution in [0.3, 0.4) is 0 Å². The first kappa shape index (κ1) is 25.4. The number of hydrogen-bond acceptors (Lipinski definition) is 12. The monoisotopic (exact) mass is 512 g/mol. The standard InChI is InChI=1S/C19H24N6O7S2/c1-18(2,3)31-16(30)19(4,5)32-23-9(11-22-17(20)34-24-11)12(26)21-10-13(27)25-8(15(28)29)6-7-33-14(10)25/h6,10,14H,7H2,1-5H3,(H,21,26)(H,28,29)(H2,20,22,24)/b23-9+. The number of nitrogen functional groups attached to an aromatic ring is 1. The van der Waals surface area contributed by atoms with Crippen LogP contribution < -0.4 is 11.1 Å². The predicted octanol–water partition coefficient (Wildman–Crippen LogP) is 0.330. The number of nitrogens with zero attached hydrogens (tertiary/aromatic N) is 4. The Morgan fingerprint density at radius 1 is 1.29 bits per heavy atom. The number of ether oxygens (including phenoxy) is 1. The van der Waals surface area contributed by atoms with Gasteiger partial charge in [0.2, 0.25) is 17.1 Å². The highest BCUT2D eigenvalue weighted by atomic mass is 32.2. The number of thioether (sulfide) groups is 1. The number of β-lactam (4-membered cyclic amide) rings is 1. The molecule has 184 valence electrons. The average Bonchev–Trinajstić information content (AvgIpc) is 3.15. The number of aromatic nitrogens is 2. The molecule has 2 unspecified atom stereocenters. The maximum Gasteiger partial charge on any atom is 0.353 e. The molecule has 0 radical (unpaired) electrons. The van der Waals surface area contributed by atoms with Gasteiger partial charge in [0.15, 0.2) is 5.13 Å². The van der Waals surface area contributed by atoms with Gasteiger partial charge in [-0.05, 0) is 40.7 Å². The molecule has 2 atom stereocenters. The Kier molecular flexibility index (Phi) is 6.89. The summed E-state index contributed by atoms with van der Waals surface area (Å²) in [6.07, 6.45) is 1.43. The predicted molar refractivity (Wildman–Crippen MR) is 123 cm³/mol. The first-order valence-corrected chi connectivity index (χ1v) is 11.8. The number of aliphatic carboxylic acids is 1. The minimum absolute atomic E-state index is 0.0619. The molecule has 0 saturated carbocycles. The fraction of sp³-hybridized carbons (Fsp3) is 0.526. The molecule has 0 aliphatic carbocycles. The van der Waals surface area contributed by atoms with Gasteiger partial charge in [-0.25, -0.2) is 9.59 Å². The summed E-state index contributed by atoms with van der Waals surface area (Å²) in [7, 11) is 0. The molecule has 0 aromatic carbocycles. The second-order valence-corrected chi connectivity index (χ2v) is 10.7. The zero-order valence-corrected chi connectivity index (χ0v) is 20.7. The van der Waals surface area contributed by atoms with Gasteiger partial charge in [0, 0.05) is 17.3 Å². The van der Waals surface area contributed by atoms with Crippen molar-refractivity contribution < 1.29 is 33.9 Å². The number of carbonyl (C=O) groups excluding carboxylic acids is 3. The van der Waals surface area contributed by atoms with E-state index in [4.69, 9.17) is 15.3 Å². The first-order chi connectivity index (χ1) is 15.7. The summed E-state index contributed by atoms with van der Waals surface area (Å²) in [5, 5.41) is 15.1. The van der Waals surface area contributed by atoms with E-state index in [-0.39, 0.29) is 16.7 Å². The van der Waals surface area contributed by atoms with Crippen molar-refractivity contribution in [1.29, 1.82) is 0 Å². The highest BCUT2D eigenvalue weighted by Crippen LogP contribution is 2.37. The number of oxime groups is 1. The smallest absolute Gasteiger partial charge is 0.353 e. The molecule has 3 rings (SSSR count). The number of nitrogens with two attached hydrogens (primary N) is 1. The number of anilines is 1. The number of hydrogen-bond donors (Lipinski definition) is 3. The molecular weight excluding hydrogens is 488 g/mol. The van der Waals surface area contributed by atoms with Gasteiger partial charge in [0.05, 0.1) is 0 Å². The van der Waals surface area contributed by atoms with Crippen LogP contribution in [0.1, 0.15) is 40.4 Å². The lowest BCUT2D eigenvalue weighted by molar-refractivity contribution is -0.179. The fourth-order valence-corrected chi connectivity index (χ4v) is 4.49. The maximum absolute atomic E-state index is 13.0. The summed E-state index contributed by atoms with van der Waals surface area (Å²) in [5.74, 6) is -3.19. The molecule has 3 heterocycles. The van der Waals surface area contributed by atoms with Crippen LogP contribution in [0.25, 0.3) is 0 Å². The molecule has 2 aliphatic heterocycles. The van der Waals surface area contributed by atoms with E-state index in [0.29, 0.717) is 5.75 Å². The second kappa shape index (κ2) is 9.21. The lowest BCUT2D eigenvalue weighted by Crippen LogP contribution is -2.70. The topological polar surface area (TPSA) is 186 Å². The minimum atomic E-state index is -1.57. The molecule has 2 amide bonds. The van der Waals surface area contributed by atoms with Crippen LogP contribution in [0, 0.1) is 0 Å². The van der Waals surface area contributed by atoms with Gasteiger partial charge in [0.1, 0.15) is 22.7 Å². The number of nitrogens with one attached hydrogen (secondary N) is 1. The van der Waals surface area contributed by atoms with E-state index >= 15 is 0 Å². The van der Waals surface area contributed by atoms with Crippen LogP contribution in [0.4, 0.5) is 5.13 Å². The van der Waals surface area contributed by atoms with Gasteiger partial charge >= 0.3 is 11.9 Å². The molecule has 34 heavy (non-hydrogen) atoms. The largest absolute Gasteiger partial charge is 0.477 e. The zero-order chi connectivity index (χ0) is 25.4. The van der Waals surface area contributed by atoms with Gasteiger partial charge in [-0.2, -0.15) is 9.36 Å². The van der Waals surface area contributed by atoms with Gasteiger partial charge < -0.3 is 25.7 Å². The average molecular weight is 513 g/mol. The van der Waals surface area contributed by atoms with Gasteiger partial charge in [-0.15, -0.1) is 11.8 Å².